The molecule has 2 amide bonds. The Morgan fingerprint density at radius 2 is 2.00 bits per heavy atom. The molecule has 1 atom stereocenters. The summed E-state index contributed by atoms with van der Waals surface area (Å²) in [6.07, 6.45) is 5.55. The molecule has 0 spiro atoms. The van der Waals surface area contributed by atoms with Crippen LogP contribution >= 0.6 is 0 Å². The molecule has 0 unspecified atom stereocenters. The number of nitrogens with one attached hydrogen (secondary N) is 3. The first kappa shape index (κ1) is 18.3. The van der Waals surface area contributed by atoms with E-state index in [9.17, 15) is 9.59 Å². The number of hydrogen-bond acceptors (Lipinski definition) is 7. The summed E-state index contributed by atoms with van der Waals surface area (Å²) in [6, 6.07) is 10.4. The third kappa shape index (κ3) is 3.61. The average Bonchev–Trinajstić information content (AvgIpc) is 3.37. The van der Waals surface area contributed by atoms with Crippen LogP contribution in [0.5, 0.6) is 0 Å². The van der Waals surface area contributed by atoms with Crippen LogP contribution in [0.4, 0.5) is 11.9 Å². The molecule has 30 heavy (non-hydrogen) atoms. The molecule has 3 aromatic rings. The molecule has 152 valence electrons. The molecule has 2 aliphatic rings. The Labute approximate surface area is 172 Å². The average molecular weight is 403 g/mol. The van der Waals surface area contributed by atoms with E-state index in [1.165, 1.54) is 0 Å². The van der Waals surface area contributed by atoms with Crippen LogP contribution in [0.15, 0.2) is 42.1 Å². The lowest BCUT2D eigenvalue weighted by Gasteiger charge is -2.15. The maximum atomic E-state index is 12.0. The van der Waals surface area contributed by atoms with E-state index in [0.717, 1.165) is 18.4 Å². The van der Waals surface area contributed by atoms with Crippen molar-refractivity contribution in [3.63, 3.8) is 0 Å². The van der Waals surface area contributed by atoms with E-state index >= 15 is 0 Å². The molecular weight excluding hydrogens is 382 g/mol. The highest BCUT2D eigenvalue weighted by molar-refractivity contribution is 6.15. The van der Waals surface area contributed by atoms with Gasteiger partial charge in [0.15, 0.2) is 5.65 Å². The Morgan fingerprint density at radius 1 is 1.20 bits per heavy atom. The van der Waals surface area contributed by atoms with Gasteiger partial charge in [0.1, 0.15) is 0 Å². The van der Waals surface area contributed by atoms with E-state index in [2.05, 4.69) is 31.0 Å². The van der Waals surface area contributed by atoms with Gasteiger partial charge in [0.05, 0.1) is 18.7 Å². The van der Waals surface area contributed by atoms with Crippen molar-refractivity contribution in [2.75, 3.05) is 10.6 Å². The quantitative estimate of drug-likeness (QED) is 0.427. The van der Waals surface area contributed by atoms with Crippen LogP contribution in [0.3, 0.4) is 0 Å². The maximum Gasteiger partial charge on any atom is 0.254 e. The van der Waals surface area contributed by atoms with Crippen LogP contribution in [-0.2, 0) is 9.59 Å². The molecule has 3 heterocycles. The second kappa shape index (κ2) is 7.25. The molecule has 2 fully saturated rings. The van der Waals surface area contributed by atoms with Gasteiger partial charge in [0.2, 0.25) is 17.8 Å². The molecule has 1 saturated heterocycles. The summed E-state index contributed by atoms with van der Waals surface area (Å²) in [4.78, 5) is 32.7. The van der Waals surface area contributed by atoms with Crippen LogP contribution in [-0.4, -0.2) is 37.4 Å². The summed E-state index contributed by atoms with van der Waals surface area (Å²) in [5.74, 6) is 0.393. The molecule has 1 aliphatic carbocycles. The van der Waals surface area contributed by atoms with Crippen molar-refractivity contribution in [2.24, 2.45) is 0 Å². The number of amides is 2. The summed E-state index contributed by atoms with van der Waals surface area (Å²) in [5, 5.41) is 13.4. The van der Waals surface area contributed by atoms with Gasteiger partial charge in [0, 0.05) is 17.2 Å². The topological polar surface area (TPSA) is 113 Å². The second-order valence-corrected chi connectivity index (χ2v) is 7.63. The van der Waals surface area contributed by atoms with Crippen LogP contribution < -0.4 is 16.0 Å². The highest BCUT2D eigenvalue weighted by Gasteiger charge is 2.26. The van der Waals surface area contributed by atoms with E-state index in [1.807, 2.05) is 37.3 Å². The number of imide groups is 1. The van der Waals surface area contributed by atoms with Crippen molar-refractivity contribution >= 4 is 35.4 Å². The lowest BCUT2D eigenvalue weighted by molar-refractivity contribution is -0.124. The molecule has 3 N–H and O–H groups in total. The van der Waals surface area contributed by atoms with Gasteiger partial charge in [-0.3, -0.25) is 14.9 Å². The van der Waals surface area contributed by atoms with Crippen molar-refractivity contribution in [2.45, 2.75) is 38.3 Å². The number of fused-ring (bicyclic) bond motifs is 1. The third-order valence-corrected chi connectivity index (χ3v) is 5.18. The van der Waals surface area contributed by atoms with Gasteiger partial charge in [0.25, 0.3) is 5.91 Å². The van der Waals surface area contributed by atoms with E-state index in [0.29, 0.717) is 34.7 Å². The Bertz CT molecular complexity index is 1160. The second-order valence-electron chi connectivity index (χ2n) is 7.63. The zero-order chi connectivity index (χ0) is 20.7. The minimum atomic E-state index is -0.374. The van der Waals surface area contributed by atoms with Gasteiger partial charge in [-0.15, -0.1) is 0 Å². The predicted molar refractivity (Wildman–Crippen MR) is 112 cm³/mol. The van der Waals surface area contributed by atoms with E-state index in [1.54, 1.807) is 16.8 Å². The summed E-state index contributed by atoms with van der Waals surface area (Å²) >= 11 is 0. The minimum absolute atomic E-state index is 0.00498. The standard InChI is InChI=1S/C21H21N7O2/c1-12(13-5-3-2-4-6-13)23-20-26-18-15(9-14-10-17(29)25-19(14)30)11-22-28(18)21(27-20)24-16-7-8-16/h2-6,9,11-12,16H,7-8,10H2,1H3,(H,25,29,30)(H2,23,24,26,27)/b14-9+/t12-/m1/s1. The molecule has 1 aromatic carbocycles. The number of carbonyl (C=O) groups is 2. The van der Waals surface area contributed by atoms with Crippen molar-refractivity contribution < 1.29 is 9.59 Å². The van der Waals surface area contributed by atoms with Gasteiger partial charge < -0.3 is 10.6 Å². The summed E-state index contributed by atoms with van der Waals surface area (Å²) in [5.41, 5.74) is 2.74. The first-order valence-electron chi connectivity index (χ1n) is 9.95. The van der Waals surface area contributed by atoms with Crippen molar-refractivity contribution in [3.8, 4) is 0 Å². The summed E-state index contributed by atoms with van der Waals surface area (Å²) < 4.78 is 1.64. The fourth-order valence-corrected chi connectivity index (χ4v) is 3.39. The van der Waals surface area contributed by atoms with Crippen LogP contribution in [0.25, 0.3) is 11.7 Å². The number of aromatic nitrogens is 4. The molecule has 0 radical (unpaired) electrons. The van der Waals surface area contributed by atoms with Crippen LogP contribution in [0.1, 0.15) is 43.4 Å². The number of rotatable bonds is 6. The first-order valence-corrected chi connectivity index (χ1v) is 9.95. The van der Waals surface area contributed by atoms with Crippen LogP contribution in [0.2, 0.25) is 0 Å². The van der Waals surface area contributed by atoms with Crippen molar-refractivity contribution in [1.29, 1.82) is 0 Å². The Morgan fingerprint density at radius 3 is 2.70 bits per heavy atom. The fourth-order valence-electron chi connectivity index (χ4n) is 3.39. The Kier molecular flexibility index (Phi) is 4.42. The molecule has 0 bridgehead atoms. The number of nitrogens with zero attached hydrogens (tertiary/aromatic N) is 4. The molecule has 9 heteroatoms. The summed E-state index contributed by atoms with van der Waals surface area (Å²) in [7, 11) is 0. The highest BCUT2D eigenvalue weighted by atomic mass is 16.2. The van der Waals surface area contributed by atoms with Gasteiger partial charge >= 0.3 is 0 Å². The van der Waals surface area contributed by atoms with Gasteiger partial charge in [-0.25, -0.2) is 0 Å². The van der Waals surface area contributed by atoms with Gasteiger partial charge in [-0.2, -0.15) is 19.6 Å². The lowest BCUT2D eigenvalue weighted by Crippen LogP contribution is -2.19. The fraction of sp³-hybridized carbons (Fsp3) is 0.286. The molecule has 5 rings (SSSR count). The Balaban J connectivity index is 1.53. The molecule has 1 aliphatic heterocycles. The number of hydrogen-bond donors (Lipinski definition) is 3. The minimum Gasteiger partial charge on any atom is -0.351 e. The normalized spacial score (nSPS) is 18.6. The number of benzene rings is 1. The molecule has 1 saturated carbocycles. The van der Waals surface area contributed by atoms with Crippen molar-refractivity contribution in [3.05, 3.63) is 53.2 Å². The van der Waals surface area contributed by atoms with Gasteiger partial charge in [-0.05, 0) is 31.4 Å². The molecular formula is C21H21N7O2. The van der Waals surface area contributed by atoms with E-state index in [-0.39, 0.29) is 24.3 Å². The van der Waals surface area contributed by atoms with Gasteiger partial charge in [-0.1, -0.05) is 30.3 Å². The molecule has 2 aromatic heterocycles. The predicted octanol–water partition coefficient (Wildman–Crippen LogP) is 2.30. The zero-order valence-electron chi connectivity index (χ0n) is 16.4. The number of carbonyl (C=O) groups excluding carboxylic acids is 2. The molecule has 9 nitrogen and oxygen atoms in total. The highest BCUT2D eigenvalue weighted by Crippen LogP contribution is 2.27. The zero-order valence-corrected chi connectivity index (χ0v) is 16.4. The first-order chi connectivity index (χ1) is 14.6. The number of anilines is 2. The van der Waals surface area contributed by atoms with Crippen molar-refractivity contribution in [1.82, 2.24) is 24.9 Å². The SMILES string of the molecule is C[C@@H](Nc1nc(NC2CC2)n2ncc(/C=C3\CC(=O)NC3=O)c2n1)c1ccccc1. The smallest absolute Gasteiger partial charge is 0.254 e. The largest absolute Gasteiger partial charge is 0.351 e. The maximum absolute atomic E-state index is 12.0. The summed E-state index contributed by atoms with van der Waals surface area (Å²) in [6.45, 7) is 2.05. The monoisotopic (exact) mass is 403 g/mol. The van der Waals surface area contributed by atoms with E-state index in [4.69, 9.17) is 0 Å². The van der Waals surface area contributed by atoms with E-state index < -0.39 is 0 Å². The Hall–Kier alpha value is -3.75. The third-order valence-electron chi connectivity index (χ3n) is 5.18. The van der Waals surface area contributed by atoms with Crippen LogP contribution in [0, 0.1) is 0 Å². The lowest BCUT2D eigenvalue weighted by atomic mass is 10.1.